The van der Waals surface area contributed by atoms with Crippen LogP contribution in [0, 0.1) is 0 Å². The van der Waals surface area contributed by atoms with Gasteiger partial charge in [0, 0.05) is 0 Å². The SMILES string of the molecule is CC(=O)[C@](C)(CCC=C(C)C)OC(=O)c1ccccc1. The molecule has 1 atom stereocenters. The van der Waals surface area contributed by atoms with Crippen molar-refractivity contribution in [3.63, 3.8) is 0 Å². The van der Waals surface area contributed by atoms with Crippen LogP contribution >= 0.6 is 0 Å². The molecule has 0 saturated carbocycles. The molecule has 0 bridgehead atoms. The molecule has 20 heavy (non-hydrogen) atoms. The van der Waals surface area contributed by atoms with Gasteiger partial charge < -0.3 is 4.74 Å². The summed E-state index contributed by atoms with van der Waals surface area (Å²) >= 11 is 0. The zero-order chi connectivity index (χ0) is 15.2. The number of hydrogen-bond acceptors (Lipinski definition) is 3. The van der Waals surface area contributed by atoms with Crippen LogP contribution in [0.3, 0.4) is 0 Å². The van der Waals surface area contributed by atoms with E-state index in [1.165, 1.54) is 12.5 Å². The van der Waals surface area contributed by atoms with E-state index in [0.717, 1.165) is 0 Å². The van der Waals surface area contributed by atoms with Gasteiger partial charge in [-0.25, -0.2) is 4.79 Å². The average molecular weight is 274 g/mol. The van der Waals surface area contributed by atoms with E-state index in [1.807, 2.05) is 26.0 Å². The Morgan fingerprint density at radius 1 is 1.15 bits per heavy atom. The molecule has 0 heterocycles. The normalized spacial score (nSPS) is 13.2. The molecule has 0 saturated heterocycles. The Bertz CT molecular complexity index is 498. The second kappa shape index (κ2) is 7.04. The Hall–Kier alpha value is -1.90. The number of ether oxygens (including phenoxy) is 1. The van der Waals surface area contributed by atoms with Gasteiger partial charge in [-0.1, -0.05) is 29.8 Å². The maximum atomic E-state index is 12.1. The highest BCUT2D eigenvalue weighted by Crippen LogP contribution is 2.22. The molecule has 1 rings (SSSR count). The summed E-state index contributed by atoms with van der Waals surface area (Å²) in [4.78, 5) is 23.9. The molecule has 3 nitrogen and oxygen atoms in total. The second-order valence-corrected chi connectivity index (χ2v) is 5.36. The molecule has 0 fully saturated rings. The van der Waals surface area contributed by atoms with Crippen molar-refractivity contribution >= 4 is 11.8 Å². The first kappa shape index (κ1) is 16.2. The van der Waals surface area contributed by atoms with Gasteiger partial charge in [-0.15, -0.1) is 0 Å². The monoisotopic (exact) mass is 274 g/mol. The van der Waals surface area contributed by atoms with Crippen molar-refractivity contribution in [3.8, 4) is 0 Å². The van der Waals surface area contributed by atoms with Gasteiger partial charge in [0.1, 0.15) is 0 Å². The number of hydrogen-bond donors (Lipinski definition) is 0. The van der Waals surface area contributed by atoms with Crippen molar-refractivity contribution in [2.24, 2.45) is 0 Å². The van der Waals surface area contributed by atoms with E-state index in [-0.39, 0.29) is 5.78 Å². The van der Waals surface area contributed by atoms with Crippen molar-refractivity contribution in [3.05, 3.63) is 47.5 Å². The van der Waals surface area contributed by atoms with Gasteiger partial charge in [0.15, 0.2) is 11.4 Å². The van der Waals surface area contributed by atoms with Gasteiger partial charge in [-0.3, -0.25) is 4.79 Å². The minimum atomic E-state index is -1.07. The first-order valence-electron chi connectivity index (χ1n) is 6.78. The van der Waals surface area contributed by atoms with Crippen molar-refractivity contribution < 1.29 is 14.3 Å². The Labute approximate surface area is 120 Å². The number of benzene rings is 1. The molecule has 0 aliphatic rings. The van der Waals surface area contributed by atoms with Gasteiger partial charge in [0.05, 0.1) is 5.56 Å². The third kappa shape index (κ3) is 4.65. The Morgan fingerprint density at radius 2 is 1.75 bits per heavy atom. The van der Waals surface area contributed by atoms with Crippen molar-refractivity contribution in [1.82, 2.24) is 0 Å². The first-order valence-corrected chi connectivity index (χ1v) is 6.78. The molecular weight excluding hydrogens is 252 g/mol. The predicted octanol–water partition coefficient (Wildman–Crippen LogP) is 3.94. The summed E-state index contributed by atoms with van der Waals surface area (Å²) in [5, 5.41) is 0. The van der Waals surface area contributed by atoms with Crippen LogP contribution in [-0.2, 0) is 9.53 Å². The zero-order valence-electron chi connectivity index (χ0n) is 12.6. The van der Waals surface area contributed by atoms with Gasteiger partial charge in [-0.05, 0) is 52.7 Å². The van der Waals surface area contributed by atoms with Crippen LogP contribution in [0.5, 0.6) is 0 Å². The lowest BCUT2D eigenvalue weighted by molar-refractivity contribution is -0.135. The summed E-state index contributed by atoms with van der Waals surface area (Å²) in [6.07, 6.45) is 3.24. The highest BCUT2D eigenvalue weighted by atomic mass is 16.6. The quantitative estimate of drug-likeness (QED) is 0.583. The Kier molecular flexibility index (Phi) is 5.68. The lowest BCUT2D eigenvalue weighted by Crippen LogP contribution is -2.38. The summed E-state index contributed by atoms with van der Waals surface area (Å²) < 4.78 is 5.45. The maximum Gasteiger partial charge on any atom is 0.339 e. The highest BCUT2D eigenvalue weighted by molar-refractivity contribution is 5.93. The molecule has 0 N–H and O–H groups in total. The Morgan fingerprint density at radius 3 is 2.25 bits per heavy atom. The van der Waals surface area contributed by atoms with E-state index in [9.17, 15) is 9.59 Å². The number of allylic oxidation sites excluding steroid dienone is 2. The largest absolute Gasteiger partial charge is 0.448 e. The number of Topliss-reactive ketones (excluding diaryl/α,β-unsaturated/α-hetero) is 1. The molecule has 0 aliphatic heterocycles. The smallest absolute Gasteiger partial charge is 0.339 e. The molecule has 0 radical (unpaired) electrons. The number of ketones is 1. The number of carbonyl (C=O) groups is 2. The summed E-state index contributed by atoms with van der Waals surface area (Å²) in [5.74, 6) is -0.593. The molecule has 108 valence electrons. The van der Waals surface area contributed by atoms with Gasteiger partial charge >= 0.3 is 5.97 Å². The van der Waals surface area contributed by atoms with E-state index in [0.29, 0.717) is 18.4 Å². The second-order valence-electron chi connectivity index (χ2n) is 5.36. The van der Waals surface area contributed by atoms with Crippen molar-refractivity contribution in [2.75, 3.05) is 0 Å². The fourth-order valence-corrected chi connectivity index (χ4v) is 1.77. The summed E-state index contributed by atoms with van der Waals surface area (Å²) in [6, 6.07) is 8.73. The highest BCUT2D eigenvalue weighted by Gasteiger charge is 2.33. The standard InChI is InChI=1S/C17H22O3/c1-13(2)9-8-12-17(4,14(3)18)20-16(19)15-10-6-5-7-11-15/h5-7,9-11H,8,12H2,1-4H3/t17-/m0/s1. The number of esters is 1. The van der Waals surface area contributed by atoms with Gasteiger partial charge in [0.2, 0.25) is 0 Å². The molecule has 1 aromatic rings. The van der Waals surface area contributed by atoms with E-state index in [4.69, 9.17) is 4.74 Å². The third-order valence-corrected chi connectivity index (χ3v) is 3.25. The minimum Gasteiger partial charge on any atom is -0.448 e. The number of rotatable bonds is 6. The molecule has 0 aromatic heterocycles. The fraction of sp³-hybridized carbons (Fsp3) is 0.412. The van der Waals surface area contributed by atoms with E-state index in [2.05, 4.69) is 0 Å². The predicted molar refractivity (Wildman–Crippen MR) is 79.6 cm³/mol. The Balaban J connectivity index is 2.79. The summed E-state index contributed by atoms with van der Waals surface area (Å²) in [7, 11) is 0. The topological polar surface area (TPSA) is 43.4 Å². The van der Waals surface area contributed by atoms with Crippen LogP contribution in [0.2, 0.25) is 0 Å². The molecule has 0 aliphatic carbocycles. The lowest BCUT2D eigenvalue weighted by atomic mass is 9.94. The van der Waals surface area contributed by atoms with Crippen LogP contribution in [0.4, 0.5) is 0 Å². The van der Waals surface area contributed by atoms with Gasteiger partial charge in [0.25, 0.3) is 0 Å². The van der Waals surface area contributed by atoms with E-state index < -0.39 is 11.6 Å². The zero-order valence-corrected chi connectivity index (χ0v) is 12.6. The van der Waals surface area contributed by atoms with Crippen LogP contribution < -0.4 is 0 Å². The third-order valence-electron chi connectivity index (χ3n) is 3.25. The summed E-state index contributed by atoms with van der Waals surface area (Å²) in [5.41, 5.74) is 0.575. The van der Waals surface area contributed by atoms with Crippen molar-refractivity contribution in [2.45, 2.75) is 46.1 Å². The van der Waals surface area contributed by atoms with Crippen LogP contribution in [0.1, 0.15) is 50.9 Å². The first-order chi connectivity index (χ1) is 9.35. The van der Waals surface area contributed by atoms with Gasteiger partial charge in [-0.2, -0.15) is 0 Å². The van der Waals surface area contributed by atoms with Crippen LogP contribution in [-0.4, -0.2) is 17.4 Å². The van der Waals surface area contributed by atoms with Crippen LogP contribution in [0.25, 0.3) is 0 Å². The van der Waals surface area contributed by atoms with Crippen LogP contribution in [0.15, 0.2) is 42.0 Å². The van der Waals surface area contributed by atoms with E-state index >= 15 is 0 Å². The molecule has 1 aromatic carbocycles. The molecule has 0 unspecified atom stereocenters. The fourth-order valence-electron chi connectivity index (χ4n) is 1.77. The van der Waals surface area contributed by atoms with E-state index in [1.54, 1.807) is 31.2 Å². The maximum absolute atomic E-state index is 12.1. The minimum absolute atomic E-state index is 0.135. The molecule has 0 spiro atoms. The summed E-state index contributed by atoms with van der Waals surface area (Å²) in [6.45, 7) is 7.14. The number of carbonyl (C=O) groups excluding carboxylic acids is 2. The average Bonchev–Trinajstić information content (AvgIpc) is 2.39. The van der Waals surface area contributed by atoms with Crippen molar-refractivity contribution in [1.29, 1.82) is 0 Å². The molecule has 0 amide bonds. The molecule has 3 heteroatoms. The molecular formula is C17H22O3. The lowest BCUT2D eigenvalue weighted by Gasteiger charge is -2.26.